The average Bonchev–Trinajstić information content (AvgIpc) is 4.17. The minimum Gasteiger partial charge on any atom is -0.471 e. The van der Waals surface area contributed by atoms with Crippen molar-refractivity contribution in [2.45, 2.75) is 38.9 Å². The summed E-state index contributed by atoms with van der Waals surface area (Å²) < 4.78 is 94.1. The molecule has 2 aliphatic rings. The fraction of sp³-hybridized carbons (Fsp3) is 0.138. The van der Waals surface area contributed by atoms with Crippen LogP contribution in [-0.4, -0.2) is 45.8 Å². The summed E-state index contributed by atoms with van der Waals surface area (Å²) in [7, 11) is -8.56. The first-order chi connectivity index (χ1) is 40.0. The molecule has 83 heavy (non-hydrogen) atoms. The van der Waals surface area contributed by atoms with Gasteiger partial charge in [-0.15, -0.1) is 9.13 Å². The maximum absolute atomic E-state index is 12.1. The average molecular weight is 1280 g/mol. The fourth-order valence-electron chi connectivity index (χ4n) is 9.78. The van der Waals surface area contributed by atoms with E-state index in [1.165, 1.54) is 32.0 Å². The van der Waals surface area contributed by atoms with Crippen LogP contribution in [-0.2, 0) is 32.0 Å². The van der Waals surface area contributed by atoms with Crippen molar-refractivity contribution in [3.63, 3.8) is 0 Å². The SMILES string of the molecule is C=Cc1oc2ccc(-c3ccccc3)cc2[n+]1CS(=O)(=O)O.CCC(=C/c1oc2ccc(-c3ccc(Br)cc3)cc2[n+]1CS(=O)(=O)O)/C=C1/Oc2ccc(-c3ccc(Br)cc3)cc2N1CC.CCN1COc2ccc(-c3ccccc3)cc21. The number of benzene rings is 8. The van der Waals surface area contributed by atoms with Crippen LogP contribution in [0.25, 0.3) is 78.9 Å². The van der Waals surface area contributed by atoms with Gasteiger partial charge in [-0.2, -0.15) is 16.8 Å². The summed E-state index contributed by atoms with van der Waals surface area (Å²) in [6.07, 6.45) is 5.78. The zero-order valence-corrected chi connectivity index (χ0v) is 50.3. The first kappa shape index (κ1) is 58.1. The zero-order valence-electron chi connectivity index (χ0n) is 45.5. The first-order valence-electron chi connectivity index (χ1n) is 26.6. The minimum absolute atomic E-state index is 0.276. The molecule has 0 spiro atoms. The third kappa shape index (κ3) is 13.7. The van der Waals surface area contributed by atoms with E-state index in [9.17, 15) is 21.4 Å². The van der Waals surface area contributed by atoms with E-state index < -0.39 is 32.0 Å². The van der Waals surface area contributed by atoms with E-state index in [0.717, 1.165) is 71.6 Å². The maximum atomic E-state index is 12.1. The van der Waals surface area contributed by atoms with Crippen molar-refractivity contribution in [1.82, 2.24) is 0 Å². The molecule has 0 atom stereocenters. The third-order valence-electron chi connectivity index (χ3n) is 13.9. The molecule has 0 unspecified atom stereocenters. The van der Waals surface area contributed by atoms with E-state index in [1.54, 1.807) is 12.1 Å². The molecule has 4 heterocycles. The minimum atomic E-state index is -4.37. The lowest BCUT2D eigenvalue weighted by Crippen LogP contribution is -2.39. The summed E-state index contributed by atoms with van der Waals surface area (Å²) in [6.45, 7) is 12.2. The smallest absolute Gasteiger partial charge is 0.375 e. The fourth-order valence-corrected chi connectivity index (χ4v) is 11.5. The number of anilines is 2. The van der Waals surface area contributed by atoms with E-state index in [-0.39, 0.29) is 5.89 Å². The molecule has 0 radical (unpaired) electrons. The summed E-state index contributed by atoms with van der Waals surface area (Å²) in [5.74, 6) is 1.77. The number of hydrogen-bond donors (Lipinski definition) is 2. The van der Waals surface area contributed by atoms with Crippen molar-refractivity contribution in [1.29, 1.82) is 0 Å². The second-order valence-corrected chi connectivity index (χ2v) is 24.0. The molecule has 2 N–H and O–H groups in total. The lowest BCUT2D eigenvalue weighted by atomic mass is 10.0. The summed E-state index contributed by atoms with van der Waals surface area (Å²) in [4.78, 5) is 4.35. The lowest BCUT2D eigenvalue weighted by molar-refractivity contribution is -0.658. The molecule has 8 aromatic carbocycles. The van der Waals surface area contributed by atoms with E-state index in [2.05, 4.69) is 123 Å². The van der Waals surface area contributed by atoms with Crippen LogP contribution in [0.15, 0.2) is 224 Å². The molecule has 0 amide bonds. The van der Waals surface area contributed by atoms with Gasteiger partial charge in [0.2, 0.25) is 17.0 Å². The molecule has 0 saturated carbocycles. The van der Waals surface area contributed by atoms with E-state index >= 15 is 0 Å². The van der Waals surface area contributed by atoms with Crippen LogP contribution in [0, 0.1) is 0 Å². The molecule has 0 aliphatic carbocycles. The largest absolute Gasteiger partial charge is 0.471 e. The van der Waals surface area contributed by atoms with Gasteiger partial charge in [0.05, 0.1) is 17.5 Å². The third-order valence-corrected chi connectivity index (χ3v) is 16.1. The molecular formula is C65H58Br2N4O10S2+2. The van der Waals surface area contributed by atoms with Crippen molar-refractivity contribution in [2.75, 3.05) is 29.6 Å². The van der Waals surface area contributed by atoms with Crippen molar-refractivity contribution in [3.05, 3.63) is 227 Å². The van der Waals surface area contributed by atoms with Gasteiger partial charge in [-0.25, -0.2) is 0 Å². The van der Waals surface area contributed by atoms with E-state index in [4.69, 9.17) is 22.9 Å². The van der Waals surface area contributed by atoms with Gasteiger partial charge in [-0.1, -0.05) is 155 Å². The van der Waals surface area contributed by atoms with Crippen LogP contribution in [0.5, 0.6) is 11.5 Å². The van der Waals surface area contributed by atoms with Gasteiger partial charge < -0.3 is 28.1 Å². The van der Waals surface area contributed by atoms with E-state index in [0.29, 0.717) is 53.7 Å². The summed E-state index contributed by atoms with van der Waals surface area (Å²) >= 11 is 6.96. The number of nitrogens with zero attached hydrogens (tertiary/aromatic N) is 4. The van der Waals surface area contributed by atoms with E-state index in [1.807, 2.05) is 128 Å². The highest BCUT2D eigenvalue weighted by molar-refractivity contribution is 9.10. The second-order valence-electron chi connectivity index (χ2n) is 19.4. The number of hydrogen-bond acceptors (Lipinski definition) is 10. The molecule has 10 aromatic rings. The van der Waals surface area contributed by atoms with Gasteiger partial charge >= 0.3 is 32.0 Å². The van der Waals surface area contributed by atoms with Gasteiger partial charge in [0, 0.05) is 46.3 Å². The van der Waals surface area contributed by atoms with Crippen LogP contribution < -0.4 is 28.4 Å². The van der Waals surface area contributed by atoms with Gasteiger partial charge in [0.25, 0.3) is 22.8 Å². The molecule has 0 bridgehead atoms. The highest BCUT2D eigenvalue weighted by Crippen LogP contribution is 2.42. The van der Waals surface area contributed by atoms with Gasteiger partial charge in [-0.3, -0.25) is 9.11 Å². The number of allylic oxidation sites excluding steroid dienone is 2. The Bertz CT molecular complexity index is 4300. The topological polar surface area (TPSA) is 168 Å². The number of halogens is 2. The maximum Gasteiger partial charge on any atom is 0.375 e. The Labute approximate surface area is 499 Å². The molecule has 2 aliphatic heterocycles. The Morgan fingerprint density at radius 1 is 0.554 bits per heavy atom. The van der Waals surface area contributed by atoms with Crippen LogP contribution in [0.2, 0.25) is 0 Å². The molecule has 0 saturated heterocycles. The van der Waals surface area contributed by atoms with Gasteiger partial charge in [0.1, 0.15) is 5.75 Å². The molecule has 14 nitrogen and oxygen atoms in total. The standard InChI is InChI=1S/C34H28Br2N2O5S.C16H13NO4S.C15H15NO/c1-3-22(17-33-37(4-2)29-19-25(9-15-31(29)42-33)23-5-11-27(35)12-6-23)18-34-38(21-44(39,40)41)30-20-26(10-16-32(30)43-34)24-7-13-28(36)14-8-24;1-2-16-17(11-22(18,19)20)14-10-13(8-9-15(14)21-16)12-6-4-3-5-7-12;1-2-16-11-17-15-9-8-13(10-14(15)16)12-6-4-3-5-7-12/h5-20H,3-4,21H2,1-2H3;2-10H,1,11H2;3-10H,2,11H2,1H3/p+2. The Morgan fingerprint density at radius 3 is 1.48 bits per heavy atom. The molecular weight excluding hydrogens is 1220 g/mol. The molecule has 12 rings (SSSR count). The van der Waals surface area contributed by atoms with Crippen molar-refractivity contribution >= 4 is 97.8 Å². The quantitative estimate of drug-likeness (QED) is 0.0782. The molecule has 2 aromatic heterocycles. The summed E-state index contributed by atoms with van der Waals surface area (Å²) in [5, 5.41) is 0. The van der Waals surface area contributed by atoms with Crippen LogP contribution in [0.1, 0.15) is 39.0 Å². The highest BCUT2D eigenvalue weighted by Gasteiger charge is 2.30. The predicted octanol–water partition coefficient (Wildman–Crippen LogP) is 15.4. The second kappa shape index (κ2) is 25.2. The van der Waals surface area contributed by atoms with Crippen LogP contribution in [0.4, 0.5) is 11.4 Å². The Kier molecular flexibility index (Phi) is 17.6. The number of fused-ring (bicyclic) bond motifs is 4. The number of ether oxygens (including phenoxy) is 2. The van der Waals surface area contributed by atoms with Crippen molar-refractivity contribution in [3.8, 4) is 56.0 Å². The van der Waals surface area contributed by atoms with Crippen molar-refractivity contribution < 1.29 is 53.4 Å². The first-order valence-corrected chi connectivity index (χ1v) is 31.4. The van der Waals surface area contributed by atoms with Gasteiger partial charge in [0.15, 0.2) is 12.5 Å². The summed E-state index contributed by atoms with van der Waals surface area (Å²) in [6, 6.07) is 59.8. The highest BCUT2D eigenvalue weighted by atomic mass is 79.9. The van der Waals surface area contributed by atoms with Crippen LogP contribution in [0.3, 0.4) is 0 Å². The lowest BCUT2D eigenvalue weighted by Gasteiger charge is -2.16. The number of rotatable bonds is 14. The predicted molar refractivity (Wildman–Crippen MR) is 335 cm³/mol. The summed E-state index contributed by atoms with van der Waals surface area (Å²) in [5.41, 5.74) is 13.7. The number of aromatic nitrogens is 2. The van der Waals surface area contributed by atoms with Gasteiger partial charge in [-0.05, 0) is 131 Å². The Morgan fingerprint density at radius 2 is 1.00 bits per heavy atom. The molecule has 0 fully saturated rings. The molecule has 422 valence electrons. The Hall–Kier alpha value is -8.10. The van der Waals surface area contributed by atoms with Crippen molar-refractivity contribution in [2.24, 2.45) is 0 Å². The number of oxazole rings is 2. The Balaban J connectivity index is 0.000000162. The normalized spacial score (nSPS) is 13.4. The van der Waals surface area contributed by atoms with Crippen LogP contribution >= 0.6 is 31.9 Å². The zero-order chi connectivity index (χ0) is 58.4. The monoisotopic (exact) mass is 1280 g/mol. The molecule has 18 heteroatoms.